The van der Waals surface area contributed by atoms with Crippen LogP contribution in [0.25, 0.3) is 0 Å². The first-order valence-corrected chi connectivity index (χ1v) is 9.86. The monoisotopic (exact) mass is 411 g/mol. The molecule has 0 aromatic heterocycles. The van der Waals surface area contributed by atoms with Gasteiger partial charge in [0.1, 0.15) is 17.1 Å². The van der Waals surface area contributed by atoms with E-state index in [0.717, 1.165) is 5.56 Å². The lowest BCUT2D eigenvalue weighted by Gasteiger charge is -2.34. The fraction of sp³-hybridized carbons (Fsp3) is 0.391. The van der Waals surface area contributed by atoms with Gasteiger partial charge in [-0.15, -0.1) is 0 Å². The number of carbonyl (C=O) groups excluding carboxylic acids is 2. The van der Waals surface area contributed by atoms with E-state index >= 15 is 0 Å². The third kappa shape index (κ3) is 3.67. The van der Waals surface area contributed by atoms with Crippen molar-refractivity contribution >= 4 is 11.7 Å². The second-order valence-electron chi connectivity index (χ2n) is 7.68. The number of methoxy groups -OCH3 is 3. The van der Waals surface area contributed by atoms with Gasteiger partial charge in [0, 0.05) is 13.0 Å². The summed E-state index contributed by atoms with van der Waals surface area (Å²) in [5, 5.41) is 0. The van der Waals surface area contributed by atoms with Crippen LogP contribution in [0.3, 0.4) is 0 Å². The fourth-order valence-corrected chi connectivity index (χ4v) is 4.16. The first-order valence-electron chi connectivity index (χ1n) is 9.86. The SMILES string of the molecule is COc1ccc2c(c1)C(=O)CC1(CCN(C(=O)Cc3ccc(OC)c(OC)c3)C1)O2. The Labute approximate surface area is 175 Å². The van der Waals surface area contributed by atoms with E-state index < -0.39 is 5.60 Å². The van der Waals surface area contributed by atoms with Gasteiger partial charge in [0.25, 0.3) is 0 Å². The number of fused-ring (bicyclic) bond motifs is 1. The van der Waals surface area contributed by atoms with Crippen molar-refractivity contribution in [3.8, 4) is 23.0 Å². The molecule has 1 amide bonds. The van der Waals surface area contributed by atoms with Crippen molar-refractivity contribution < 1.29 is 28.5 Å². The Kier molecular flexibility index (Phi) is 5.28. The average Bonchev–Trinajstić information content (AvgIpc) is 3.16. The first kappa shape index (κ1) is 20.1. The Morgan fingerprint density at radius 3 is 2.60 bits per heavy atom. The van der Waals surface area contributed by atoms with Crippen molar-refractivity contribution in [1.29, 1.82) is 0 Å². The lowest BCUT2D eigenvalue weighted by Crippen LogP contribution is -2.45. The van der Waals surface area contributed by atoms with Crippen LogP contribution < -0.4 is 18.9 Å². The van der Waals surface area contributed by atoms with Crippen LogP contribution in [0, 0.1) is 0 Å². The van der Waals surface area contributed by atoms with E-state index in [9.17, 15) is 9.59 Å². The highest BCUT2D eigenvalue weighted by Gasteiger charge is 2.47. The Morgan fingerprint density at radius 2 is 1.87 bits per heavy atom. The zero-order chi connectivity index (χ0) is 21.3. The van der Waals surface area contributed by atoms with Crippen molar-refractivity contribution in [1.82, 2.24) is 4.90 Å². The Hall–Kier alpha value is -3.22. The minimum atomic E-state index is -0.661. The van der Waals surface area contributed by atoms with E-state index in [4.69, 9.17) is 18.9 Å². The number of Topliss-reactive ketones (excluding diaryl/α,β-unsaturated/α-hetero) is 1. The van der Waals surface area contributed by atoms with Gasteiger partial charge in [0.05, 0.1) is 46.3 Å². The predicted molar refractivity (Wildman–Crippen MR) is 110 cm³/mol. The van der Waals surface area contributed by atoms with Crippen LogP contribution in [0.2, 0.25) is 0 Å². The zero-order valence-corrected chi connectivity index (χ0v) is 17.4. The van der Waals surface area contributed by atoms with Gasteiger partial charge in [0.15, 0.2) is 17.3 Å². The number of hydrogen-bond acceptors (Lipinski definition) is 6. The van der Waals surface area contributed by atoms with E-state index in [-0.39, 0.29) is 24.5 Å². The Morgan fingerprint density at radius 1 is 1.07 bits per heavy atom. The topological polar surface area (TPSA) is 74.3 Å². The van der Waals surface area contributed by atoms with Crippen LogP contribution in [-0.4, -0.2) is 56.6 Å². The molecule has 2 aliphatic rings. The molecule has 158 valence electrons. The van der Waals surface area contributed by atoms with Gasteiger partial charge in [0.2, 0.25) is 5.91 Å². The molecule has 2 aromatic rings. The summed E-state index contributed by atoms with van der Waals surface area (Å²) in [6.07, 6.45) is 1.13. The summed E-state index contributed by atoms with van der Waals surface area (Å²) in [6.45, 7) is 0.960. The molecule has 1 spiro atoms. The van der Waals surface area contributed by atoms with Crippen LogP contribution in [0.5, 0.6) is 23.0 Å². The van der Waals surface area contributed by atoms with E-state index in [1.807, 2.05) is 12.1 Å². The maximum Gasteiger partial charge on any atom is 0.227 e. The largest absolute Gasteiger partial charge is 0.497 e. The van der Waals surface area contributed by atoms with E-state index in [2.05, 4.69) is 0 Å². The van der Waals surface area contributed by atoms with E-state index in [1.54, 1.807) is 50.5 Å². The molecule has 0 aliphatic carbocycles. The molecule has 1 atom stereocenters. The number of benzene rings is 2. The molecule has 2 aromatic carbocycles. The summed E-state index contributed by atoms with van der Waals surface area (Å²) in [7, 11) is 4.71. The lowest BCUT2D eigenvalue weighted by molar-refractivity contribution is -0.130. The van der Waals surface area contributed by atoms with Crippen molar-refractivity contribution in [2.24, 2.45) is 0 Å². The number of hydrogen-bond donors (Lipinski definition) is 0. The van der Waals surface area contributed by atoms with Crippen LogP contribution in [0.15, 0.2) is 36.4 Å². The molecule has 1 saturated heterocycles. The number of ketones is 1. The Balaban J connectivity index is 1.46. The molecule has 0 radical (unpaired) electrons. The summed E-state index contributed by atoms with van der Waals surface area (Å²) in [6, 6.07) is 10.7. The lowest BCUT2D eigenvalue weighted by atomic mass is 9.89. The van der Waals surface area contributed by atoms with Gasteiger partial charge in [-0.3, -0.25) is 9.59 Å². The molecule has 7 nitrogen and oxygen atoms in total. The fourth-order valence-electron chi connectivity index (χ4n) is 4.16. The number of ether oxygens (including phenoxy) is 4. The third-order valence-electron chi connectivity index (χ3n) is 5.77. The van der Waals surface area contributed by atoms with Gasteiger partial charge < -0.3 is 23.8 Å². The van der Waals surface area contributed by atoms with Crippen molar-refractivity contribution in [3.63, 3.8) is 0 Å². The Bertz CT molecular complexity index is 988. The van der Waals surface area contributed by atoms with Gasteiger partial charge in [-0.05, 0) is 35.9 Å². The number of rotatable bonds is 5. The summed E-state index contributed by atoms with van der Waals surface area (Å²) < 4.78 is 22.0. The molecular weight excluding hydrogens is 386 g/mol. The molecule has 0 bridgehead atoms. The van der Waals surface area contributed by atoms with Crippen molar-refractivity contribution in [2.75, 3.05) is 34.4 Å². The number of nitrogens with zero attached hydrogens (tertiary/aromatic N) is 1. The summed E-state index contributed by atoms with van der Waals surface area (Å²) in [4.78, 5) is 27.4. The normalized spacial score (nSPS) is 20.0. The summed E-state index contributed by atoms with van der Waals surface area (Å²) in [5.74, 6) is 2.41. The summed E-state index contributed by atoms with van der Waals surface area (Å²) >= 11 is 0. The number of carbonyl (C=O) groups is 2. The van der Waals surface area contributed by atoms with Gasteiger partial charge in [-0.25, -0.2) is 0 Å². The molecular formula is C23H25NO6. The van der Waals surface area contributed by atoms with Crippen LogP contribution in [0.1, 0.15) is 28.8 Å². The molecule has 2 aliphatic heterocycles. The van der Waals surface area contributed by atoms with Crippen LogP contribution in [-0.2, 0) is 11.2 Å². The highest BCUT2D eigenvalue weighted by molar-refractivity contribution is 6.01. The first-order chi connectivity index (χ1) is 14.5. The minimum absolute atomic E-state index is 0.00401. The van der Waals surface area contributed by atoms with Crippen molar-refractivity contribution in [2.45, 2.75) is 24.9 Å². The molecule has 1 fully saturated rings. The smallest absolute Gasteiger partial charge is 0.227 e. The molecule has 0 N–H and O–H groups in total. The predicted octanol–water partition coefficient (Wildman–Crippen LogP) is 2.89. The molecule has 1 unspecified atom stereocenters. The molecule has 7 heteroatoms. The van der Waals surface area contributed by atoms with E-state index in [0.29, 0.717) is 48.1 Å². The number of likely N-dealkylation sites (tertiary alicyclic amines) is 1. The standard InChI is InChI=1S/C23H25NO6/c1-27-16-5-7-19-17(12-16)18(25)13-23(30-19)8-9-24(14-23)22(26)11-15-4-6-20(28-2)21(10-15)29-3/h4-7,10,12H,8-9,11,13-14H2,1-3H3. The number of amides is 1. The quantitative estimate of drug-likeness (QED) is 0.753. The third-order valence-corrected chi connectivity index (χ3v) is 5.77. The summed E-state index contributed by atoms with van der Waals surface area (Å²) in [5.41, 5.74) is 0.720. The molecule has 0 saturated carbocycles. The highest BCUT2D eigenvalue weighted by atomic mass is 16.5. The van der Waals surface area contributed by atoms with Gasteiger partial charge in [-0.2, -0.15) is 0 Å². The maximum atomic E-state index is 12.9. The average molecular weight is 411 g/mol. The highest BCUT2D eigenvalue weighted by Crippen LogP contribution is 2.40. The van der Waals surface area contributed by atoms with Gasteiger partial charge >= 0.3 is 0 Å². The molecule has 2 heterocycles. The van der Waals surface area contributed by atoms with Crippen LogP contribution in [0.4, 0.5) is 0 Å². The van der Waals surface area contributed by atoms with Crippen LogP contribution >= 0.6 is 0 Å². The second-order valence-corrected chi connectivity index (χ2v) is 7.68. The molecule has 4 rings (SSSR count). The zero-order valence-electron chi connectivity index (χ0n) is 17.4. The second kappa shape index (κ2) is 7.89. The minimum Gasteiger partial charge on any atom is -0.497 e. The van der Waals surface area contributed by atoms with E-state index in [1.165, 1.54) is 0 Å². The maximum absolute atomic E-state index is 12.9. The van der Waals surface area contributed by atoms with Crippen molar-refractivity contribution in [3.05, 3.63) is 47.5 Å². The molecule has 30 heavy (non-hydrogen) atoms. The van der Waals surface area contributed by atoms with Gasteiger partial charge in [-0.1, -0.05) is 6.07 Å².